The zero-order chi connectivity index (χ0) is 19.4. The Morgan fingerprint density at radius 1 is 1.07 bits per heavy atom. The SMILES string of the molecule is COc1cc(NC(=O)Cn2nc3c(cc2=O)CCCC3)cc(OC)c1OC. The molecule has 0 atom stereocenters. The summed E-state index contributed by atoms with van der Waals surface area (Å²) in [6, 6.07) is 4.85. The maximum absolute atomic E-state index is 12.4. The van der Waals surface area contributed by atoms with Gasteiger partial charge < -0.3 is 19.5 Å². The van der Waals surface area contributed by atoms with E-state index >= 15 is 0 Å². The Bertz CT molecular complexity index is 882. The van der Waals surface area contributed by atoms with Gasteiger partial charge in [0, 0.05) is 23.9 Å². The molecule has 27 heavy (non-hydrogen) atoms. The lowest BCUT2D eigenvalue weighted by atomic mass is 9.97. The van der Waals surface area contributed by atoms with Crippen LogP contribution in [-0.4, -0.2) is 37.0 Å². The van der Waals surface area contributed by atoms with Crippen molar-refractivity contribution in [2.75, 3.05) is 26.6 Å². The summed E-state index contributed by atoms with van der Waals surface area (Å²) in [5.41, 5.74) is 2.10. The second-order valence-electron chi connectivity index (χ2n) is 6.28. The van der Waals surface area contributed by atoms with Gasteiger partial charge in [0.15, 0.2) is 11.5 Å². The maximum atomic E-state index is 12.4. The molecule has 0 aliphatic heterocycles. The molecule has 2 aromatic rings. The number of carbonyl (C=O) groups is 1. The van der Waals surface area contributed by atoms with Gasteiger partial charge in [0.1, 0.15) is 6.54 Å². The first-order chi connectivity index (χ1) is 13.0. The van der Waals surface area contributed by atoms with Crippen molar-refractivity contribution in [2.45, 2.75) is 32.2 Å². The monoisotopic (exact) mass is 373 g/mol. The fourth-order valence-corrected chi connectivity index (χ4v) is 3.20. The summed E-state index contributed by atoms with van der Waals surface area (Å²) < 4.78 is 17.0. The number of benzene rings is 1. The van der Waals surface area contributed by atoms with Crippen LogP contribution >= 0.6 is 0 Å². The molecule has 0 saturated carbocycles. The third kappa shape index (κ3) is 4.05. The van der Waals surface area contributed by atoms with Crippen molar-refractivity contribution in [3.63, 3.8) is 0 Å². The quantitative estimate of drug-likeness (QED) is 0.830. The summed E-state index contributed by atoms with van der Waals surface area (Å²) in [5.74, 6) is 0.924. The molecule has 1 aromatic carbocycles. The summed E-state index contributed by atoms with van der Waals surface area (Å²) in [4.78, 5) is 24.7. The van der Waals surface area contributed by atoms with E-state index in [-0.39, 0.29) is 18.0 Å². The van der Waals surface area contributed by atoms with Gasteiger partial charge in [-0.3, -0.25) is 9.59 Å². The molecule has 0 radical (unpaired) electrons. The van der Waals surface area contributed by atoms with Crippen LogP contribution in [0.25, 0.3) is 0 Å². The van der Waals surface area contributed by atoms with Gasteiger partial charge in [-0.1, -0.05) is 0 Å². The van der Waals surface area contributed by atoms with E-state index in [0.717, 1.165) is 36.9 Å². The van der Waals surface area contributed by atoms with E-state index in [1.54, 1.807) is 18.2 Å². The third-order valence-corrected chi connectivity index (χ3v) is 4.52. The number of nitrogens with one attached hydrogen (secondary N) is 1. The average molecular weight is 373 g/mol. The minimum atomic E-state index is -0.366. The van der Waals surface area contributed by atoms with Gasteiger partial charge in [-0.15, -0.1) is 0 Å². The molecule has 1 aliphatic carbocycles. The van der Waals surface area contributed by atoms with Crippen LogP contribution in [0.3, 0.4) is 0 Å². The van der Waals surface area contributed by atoms with Gasteiger partial charge >= 0.3 is 0 Å². The minimum absolute atomic E-state index is 0.164. The maximum Gasteiger partial charge on any atom is 0.267 e. The number of methoxy groups -OCH3 is 3. The summed E-state index contributed by atoms with van der Waals surface area (Å²) in [6.45, 7) is -0.164. The van der Waals surface area contributed by atoms with E-state index in [1.165, 1.54) is 26.0 Å². The molecule has 1 N–H and O–H groups in total. The van der Waals surface area contributed by atoms with E-state index in [0.29, 0.717) is 22.9 Å². The van der Waals surface area contributed by atoms with Crippen LogP contribution in [0.5, 0.6) is 17.2 Å². The molecule has 0 saturated heterocycles. The fourth-order valence-electron chi connectivity index (χ4n) is 3.20. The molecular weight excluding hydrogens is 350 g/mol. The highest BCUT2D eigenvalue weighted by Crippen LogP contribution is 2.39. The highest BCUT2D eigenvalue weighted by molar-refractivity contribution is 5.91. The van der Waals surface area contributed by atoms with Crippen LogP contribution in [0.4, 0.5) is 5.69 Å². The Morgan fingerprint density at radius 2 is 1.74 bits per heavy atom. The van der Waals surface area contributed by atoms with Crippen LogP contribution in [0, 0.1) is 0 Å². The minimum Gasteiger partial charge on any atom is -0.493 e. The topological polar surface area (TPSA) is 91.7 Å². The van der Waals surface area contributed by atoms with Crippen LogP contribution in [0.15, 0.2) is 23.0 Å². The Hall–Kier alpha value is -3.03. The number of ether oxygens (including phenoxy) is 3. The zero-order valence-corrected chi connectivity index (χ0v) is 15.7. The van der Waals surface area contributed by atoms with E-state index < -0.39 is 0 Å². The number of nitrogens with zero attached hydrogens (tertiary/aromatic N) is 2. The van der Waals surface area contributed by atoms with E-state index in [9.17, 15) is 9.59 Å². The zero-order valence-electron chi connectivity index (χ0n) is 15.7. The predicted octanol–water partition coefficient (Wildman–Crippen LogP) is 1.79. The van der Waals surface area contributed by atoms with Crippen molar-refractivity contribution in [1.82, 2.24) is 9.78 Å². The van der Waals surface area contributed by atoms with Gasteiger partial charge in [0.25, 0.3) is 5.56 Å². The van der Waals surface area contributed by atoms with Crippen molar-refractivity contribution in [1.29, 1.82) is 0 Å². The normalized spacial score (nSPS) is 12.9. The molecule has 3 rings (SSSR count). The van der Waals surface area contributed by atoms with E-state index in [2.05, 4.69) is 10.4 Å². The van der Waals surface area contributed by atoms with Crippen molar-refractivity contribution in [3.05, 3.63) is 39.8 Å². The number of fused-ring (bicyclic) bond motifs is 1. The highest BCUT2D eigenvalue weighted by Gasteiger charge is 2.17. The van der Waals surface area contributed by atoms with E-state index in [4.69, 9.17) is 14.2 Å². The molecule has 8 nitrogen and oxygen atoms in total. The highest BCUT2D eigenvalue weighted by atomic mass is 16.5. The smallest absolute Gasteiger partial charge is 0.267 e. The molecule has 144 valence electrons. The Balaban J connectivity index is 1.79. The number of anilines is 1. The number of rotatable bonds is 6. The largest absolute Gasteiger partial charge is 0.493 e. The average Bonchev–Trinajstić information content (AvgIpc) is 2.67. The summed E-state index contributed by atoms with van der Waals surface area (Å²) >= 11 is 0. The number of aromatic nitrogens is 2. The van der Waals surface area contributed by atoms with Crippen molar-refractivity contribution in [3.8, 4) is 17.2 Å². The van der Waals surface area contributed by atoms with Crippen molar-refractivity contribution < 1.29 is 19.0 Å². The lowest BCUT2D eigenvalue weighted by molar-refractivity contribution is -0.117. The number of hydrogen-bond acceptors (Lipinski definition) is 6. The second kappa shape index (κ2) is 8.11. The van der Waals surface area contributed by atoms with Gasteiger partial charge in [-0.05, 0) is 31.2 Å². The third-order valence-electron chi connectivity index (χ3n) is 4.52. The lowest BCUT2D eigenvalue weighted by Crippen LogP contribution is -2.31. The summed E-state index contributed by atoms with van der Waals surface area (Å²) in [6.07, 6.45) is 3.83. The number of amides is 1. The van der Waals surface area contributed by atoms with Gasteiger partial charge in [-0.25, -0.2) is 4.68 Å². The first kappa shape index (κ1) is 18.8. The molecule has 8 heteroatoms. The predicted molar refractivity (Wildman–Crippen MR) is 99.9 cm³/mol. The summed E-state index contributed by atoms with van der Waals surface area (Å²) in [7, 11) is 4.51. The number of carbonyl (C=O) groups excluding carboxylic acids is 1. The number of hydrogen-bond donors (Lipinski definition) is 1. The van der Waals surface area contributed by atoms with Gasteiger partial charge in [0.2, 0.25) is 11.7 Å². The molecule has 0 unspecified atom stereocenters. The van der Waals surface area contributed by atoms with Crippen molar-refractivity contribution >= 4 is 11.6 Å². The van der Waals surface area contributed by atoms with Crippen LogP contribution in [0.2, 0.25) is 0 Å². The number of aryl methyl sites for hydroxylation is 2. The van der Waals surface area contributed by atoms with Crippen LogP contribution < -0.4 is 25.1 Å². The molecule has 0 fully saturated rings. The standard InChI is InChI=1S/C19H23N3O5/c1-25-15-9-13(10-16(26-2)19(15)27-3)20-17(23)11-22-18(24)8-12-6-4-5-7-14(12)21-22/h8-10H,4-7,11H2,1-3H3,(H,20,23). The van der Waals surface area contributed by atoms with E-state index in [1.807, 2.05) is 0 Å². The molecule has 0 spiro atoms. The Labute approximate surface area is 157 Å². The fraction of sp³-hybridized carbons (Fsp3) is 0.421. The van der Waals surface area contributed by atoms with Gasteiger partial charge in [-0.2, -0.15) is 5.10 Å². The second-order valence-corrected chi connectivity index (χ2v) is 6.28. The lowest BCUT2D eigenvalue weighted by Gasteiger charge is -2.16. The molecule has 1 heterocycles. The first-order valence-corrected chi connectivity index (χ1v) is 8.75. The van der Waals surface area contributed by atoms with Crippen molar-refractivity contribution in [2.24, 2.45) is 0 Å². The van der Waals surface area contributed by atoms with Gasteiger partial charge in [0.05, 0.1) is 27.0 Å². The Kier molecular flexibility index (Phi) is 5.63. The Morgan fingerprint density at radius 3 is 2.37 bits per heavy atom. The molecule has 1 aromatic heterocycles. The first-order valence-electron chi connectivity index (χ1n) is 8.75. The summed E-state index contributed by atoms with van der Waals surface area (Å²) in [5, 5.41) is 7.11. The van der Waals surface area contributed by atoms with Crippen LogP contribution in [0.1, 0.15) is 24.1 Å². The molecule has 1 amide bonds. The van der Waals surface area contributed by atoms with Crippen LogP contribution in [-0.2, 0) is 24.2 Å². The molecule has 1 aliphatic rings. The molecular formula is C19H23N3O5. The molecule has 0 bridgehead atoms.